The minimum Gasteiger partial charge on any atom is -0.314 e. The maximum atomic E-state index is 6.26. The summed E-state index contributed by atoms with van der Waals surface area (Å²) < 4.78 is 0. The second-order valence-electron chi connectivity index (χ2n) is 6.00. The zero-order chi connectivity index (χ0) is 14.4. The highest BCUT2D eigenvalue weighted by Gasteiger charge is 2.14. The van der Waals surface area contributed by atoms with E-state index in [4.69, 9.17) is 23.2 Å². The van der Waals surface area contributed by atoms with Gasteiger partial charge in [0.2, 0.25) is 0 Å². The Morgan fingerprint density at radius 3 is 2.37 bits per heavy atom. The first-order valence-electron chi connectivity index (χ1n) is 7.05. The molecule has 1 aromatic rings. The van der Waals surface area contributed by atoms with Crippen LogP contribution >= 0.6 is 23.2 Å². The van der Waals surface area contributed by atoms with Gasteiger partial charge in [-0.15, -0.1) is 0 Å². The molecule has 0 radical (unpaired) electrons. The standard InChI is InChI=1S/C16H25Cl2N/c1-11(2)7-13(10-19-12(3)4)8-14-9-15(17)5-6-16(14)18/h5-6,9,11-13,19H,7-8,10H2,1-4H3. The number of hydrogen-bond donors (Lipinski definition) is 1. The van der Waals surface area contributed by atoms with E-state index in [0.29, 0.717) is 17.9 Å². The van der Waals surface area contributed by atoms with Crippen LogP contribution in [0.5, 0.6) is 0 Å². The first kappa shape index (κ1) is 16.8. The molecule has 0 bridgehead atoms. The molecule has 1 rings (SSSR count). The van der Waals surface area contributed by atoms with Crippen molar-refractivity contribution in [3.63, 3.8) is 0 Å². The van der Waals surface area contributed by atoms with Crippen molar-refractivity contribution < 1.29 is 0 Å². The van der Waals surface area contributed by atoms with Crippen molar-refractivity contribution in [2.75, 3.05) is 6.54 Å². The van der Waals surface area contributed by atoms with Crippen LogP contribution in [0.3, 0.4) is 0 Å². The summed E-state index contributed by atoms with van der Waals surface area (Å²) in [6, 6.07) is 6.25. The van der Waals surface area contributed by atoms with Gasteiger partial charge < -0.3 is 5.32 Å². The van der Waals surface area contributed by atoms with Crippen molar-refractivity contribution in [3.8, 4) is 0 Å². The number of hydrogen-bond acceptors (Lipinski definition) is 1. The molecule has 0 heterocycles. The predicted octanol–water partition coefficient (Wildman–Crippen LogP) is 5.20. The average Bonchev–Trinajstić information content (AvgIpc) is 2.30. The quantitative estimate of drug-likeness (QED) is 0.730. The van der Waals surface area contributed by atoms with Crippen molar-refractivity contribution in [3.05, 3.63) is 33.8 Å². The molecule has 0 aromatic heterocycles. The fourth-order valence-corrected chi connectivity index (χ4v) is 2.71. The SMILES string of the molecule is CC(C)CC(CNC(C)C)Cc1cc(Cl)ccc1Cl. The minimum atomic E-state index is 0.518. The molecule has 1 nitrogen and oxygen atoms in total. The number of rotatable bonds is 7. The molecule has 1 atom stereocenters. The van der Waals surface area contributed by atoms with Crippen molar-refractivity contribution in [1.29, 1.82) is 0 Å². The summed E-state index contributed by atoms with van der Waals surface area (Å²) in [5.41, 5.74) is 1.16. The fourth-order valence-electron chi connectivity index (χ4n) is 2.32. The number of nitrogens with one attached hydrogen (secondary N) is 1. The normalized spacial score (nSPS) is 13.3. The van der Waals surface area contributed by atoms with Gasteiger partial charge >= 0.3 is 0 Å². The molecule has 19 heavy (non-hydrogen) atoms. The Hall–Kier alpha value is -0.240. The summed E-state index contributed by atoms with van der Waals surface area (Å²) in [4.78, 5) is 0. The van der Waals surface area contributed by atoms with Crippen LogP contribution < -0.4 is 5.32 Å². The third-order valence-corrected chi connectivity index (χ3v) is 3.74. The van der Waals surface area contributed by atoms with E-state index in [9.17, 15) is 0 Å². The molecule has 3 heteroatoms. The van der Waals surface area contributed by atoms with Gasteiger partial charge in [0, 0.05) is 16.1 Å². The summed E-state index contributed by atoms with van der Waals surface area (Å²) >= 11 is 12.3. The largest absolute Gasteiger partial charge is 0.314 e. The smallest absolute Gasteiger partial charge is 0.0439 e. The van der Waals surface area contributed by atoms with Gasteiger partial charge in [0.05, 0.1) is 0 Å². The average molecular weight is 302 g/mol. The van der Waals surface area contributed by atoms with Gasteiger partial charge in [0.25, 0.3) is 0 Å². The molecule has 0 amide bonds. The molecule has 0 fully saturated rings. The second-order valence-corrected chi connectivity index (χ2v) is 6.84. The van der Waals surface area contributed by atoms with Crippen molar-refractivity contribution >= 4 is 23.2 Å². The Kier molecular flexibility index (Phi) is 7.20. The number of halogens is 2. The maximum Gasteiger partial charge on any atom is 0.0439 e. The first-order valence-corrected chi connectivity index (χ1v) is 7.81. The molecule has 0 spiro atoms. The van der Waals surface area contributed by atoms with Gasteiger partial charge in [-0.25, -0.2) is 0 Å². The van der Waals surface area contributed by atoms with Crippen LogP contribution in [0.25, 0.3) is 0 Å². The van der Waals surface area contributed by atoms with E-state index in [-0.39, 0.29) is 0 Å². The van der Waals surface area contributed by atoms with E-state index in [1.165, 1.54) is 6.42 Å². The van der Waals surface area contributed by atoms with Gasteiger partial charge in [-0.1, -0.05) is 50.9 Å². The summed E-state index contributed by atoms with van der Waals surface area (Å²) in [6.07, 6.45) is 2.18. The van der Waals surface area contributed by atoms with E-state index in [2.05, 4.69) is 33.0 Å². The molecule has 0 saturated carbocycles. The summed E-state index contributed by atoms with van der Waals surface area (Å²) in [5.74, 6) is 1.29. The van der Waals surface area contributed by atoms with Crippen LogP contribution in [0.2, 0.25) is 10.0 Å². The van der Waals surface area contributed by atoms with Gasteiger partial charge in [0.15, 0.2) is 0 Å². The van der Waals surface area contributed by atoms with E-state index in [1.54, 1.807) is 0 Å². The fraction of sp³-hybridized carbons (Fsp3) is 0.625. The molecule has 0 aliphatic rings. The lowest BCUT2D eigenvalue weighted by Gasteiger charge is -2.22. The first-order chi connectivity index (χ1) is 8.88. The van der Waals surface area contributed by atoms with Crippen molar-refractivity contribution in [1.82, 2.24) is 5.32 Å². The highest BCUT2D eigenvalue weighted by Crippen LogP contribution is 2.25. The third kappa shape index (κ3) is 6.65. The lowest BCUT2D eigenvalue weighted by molar-refractivity contribution is 0.373. The molecule has 0 saturated heterocycles. The second kappa shape index (κ2) is 8.14. The van der Waals surface area contributed by atoms with Crippen LogP contribution in [-0.4, -0.2) is 12.6 Å². The van der Waals surface area contributed by atoms with Crippen LogP contribution in [0.1, 0.15) is 39.7 Å². The Labute approximate surface area is 127 Å². The van der Waals surface area contributed by atoms with Gasteiger partial charge in [-0.05, 0) is 55.0 Å². The van der Waals surface area contributed by atoms with Crippen LogP contribution in [0, 0.1) is 11.8 Å². The summed E-state index contributed by atoms with van der Waals surface area (Å²) in [6.45, 7) is 9.92. The van der Waals surface area contributed by atoms with Crippen molar-refractivity contribution in [2.45, 2.75) is 46.6 Å². The third-order valence-electron chi connectivity index (χ3n) is 3.14. The van der Waals surface area contributed by atoms with E-state index >= 15 is 0 Å². The highest BCUT2D eigenvalue weighted by molar-refractivity contribution is 6.33. The summed E-state index contributed by atoms with van der Waals surface area (Å²) in [7, 11) is 0. The topological polar surface area (TPSA) is 12.0 Å². The molecule has 0 aliphatic carbocycles. The summed E-state index contributed by atoms with van der Waals surface area (Å²) in [5, 5.41) is 5.11. The molecule has 0 aliphatic heterocycles. The van der Waals surface area contributed by atoms with Gasteiger partial charge in [0.1, 0.15) is 0 Å². The van der Waals surface area contributed by atoms with Crippen molar-refractivity contribution in [2.24, 2.45) is 11.8 Å². The highest BCUT2D eigenvalue weighted by atomic mass is 35.5. The lowest BCUT2D eigenvalue weighted by Crippen LogP contribution is -2.30. The molecule has 1 unspecified atom stereocenters. The molecule has 1 aromatic carbocycles. The minimum absolute atomic E-state index is 0.518. The molecule has 108 valence electrons. The van der Waals surface area contributed by atoms with E-state index < -0.39 is 0 Å². The van der Waals surface area contributed by atoms with E-state index in [1.807, 2.05) is 18.2 Å². The Bertz CT molecular complexity index is 388. The zero-order valence-corrected chi connectivity index (χ0v) is 13.9. The predicted molar refractivity (Wildman–Crippen MR) is 86.2 cm³/mol. The number of benzene rings is 1. The Morgan fingerprint density at radius 1 is 1.11 bits per heavy atom. The van der Waals surface area contributed by atoms with Crippen LogP contribution in [-0.2, 0) is 6.42 Å². The van der Waals surface area contributed by atoms with Gasteiger partial charge in [-0.3, -0.25) is 0 Å². The monoisotopic (exact) mass is 301 g/mol. The maximum absolute atomic E-state index is 6.26. The molecular weight excluding hydrogens is 277 g/mol. The molecule has 1 N–H and O–H groups in total. The van der Waals surface area contributed by atoms with E-state index in [0.717, 1.165) is 28.6 Å². The lowest BCUT2D eigenvalue weighted by atomic mass is 9.90. The van der Waals surface area contributed by atoms with Gasteiger partial charge in [-0.2, -0.15) is 0 Å². The Balaban J connectivity index is 2.72. The van der Waals surface area contributed by atoms with Crippen LogP contribution in [0.15, 0.2) is 18.2 Å². The zero-order valence-electron chi connectivity index (χ0n) is 12.3. The Morgan fingerprint density at radius 2 is 1.79 bits per heavy atom. The molecular formula is C16H25Cl2N. The van der Waals surface area contributed by atoms with Crippen LogP contribution in [0.4, 0.5) is 0 Å².